The van der Waals surface area contributed by atoms with Gasteiger partial charge in [0.2, 0.25) is 0 Å². The zero-order chi connectivity index (χ0) is 14.5. The minimum absolute atomic E-state index is 0.318. The molecule has 2 aromatic rings. The molecule has 21 heavy (non-hydrogen) atoms. The molecule has 3 rings (SSSR count). The summed E-state index contributed by atoms with van der Waals surface area (Å²) in [5, 5.41) is 3.58. The number of anilines is 1. The number of nitrogens with two attached hydrogens (primary N) is 1. The van der Waals surface area contributed by atoms with Crippen LogP contribution in [0.4, 0.5) is 5.69 Å². The van der Waals surface area contributed by atoms with Gasteiger partial charge >= 0.3 is 0 Å². The smallest absolute Gasteiger partial charge is 0.0340 e. The average Bonchev–Trinajstić information content (AvgIpc) is 3.04. The van der Waals surface area contributed by atoms with Gasteiger partial charge in [0.15, 0.2) is 0 Å². The van der Waals surface area contributed by atoms with Crippen molar-refractivity contribution < 1.29 is 0 Å². The number of hydrogen-bond donors (Lipinski definition) is 2. The Hall–Kier alpha value is -1.80. The summed E-state index contributed by atoms with van der Waals surface area (Å²) < 4.78 is 0. The van der Waals surface area contributed by atoms with Gasteiger partial charge in [0.1, 0.15) is 0 Å². The van der Waals surface area contributed by atoms with Gasteiger partial charge in [-0.25, -0.2) is 0 Å². The molecular formula is C19H24N2. The van der Waals surface area contributed by atoms with Crippen LogP contribution in [-0.4, -0.2) is 13.1 Å². The molecule has 2 aromatic carbocycles. The van der Waals surface area contributed by atoms with E-state index in [1.807, 2.05) is 6.07 Å². The fraction of sp³-hybridized carbons (Fsp3) is 0.368. The molecule has 0 amide bonds. The highest BCUT2D eigenvalue weighted by atomic mass is 14.9. The maximum atomic E-state index is 5.99. The van der Waals surface area contributed by atoms with Crippen LogP contribution in [0, 0.1) is 5.41 Å². The van der Waals surface area contributed by atoms with Crippen molar-refractivity contribution in [2.75, 3.05) is 18.4 Å². The van der Waals surface area contributed by atoms with Gasteiger partial charge in [0.05, 0.1) is 0 Å². The molecule has 0 saturated heterocycles. The van der Waals surface area contributed by atoms with E-state index in [0.717, 1.165) is 13.1 Å². The molecule has 0 radical (unpaired) electrons. The third-order valence-corrected chi connectivity index (χ3v) is 4.76. The maximum Gasteiger partial charge on any atom is 0.0340 e. The second kappa shape index (κ2) is 6.31. The zero-order valence-corrected chi connectivity index (χ0v) is 12.5. The predicted molar refractivity (Wildman–Crippen MR) is 90.3 cm³/mol. The lowest BCUT2D eigenvalue weighted by Gasteiger charge is -2.28. The molecule has 1 fully saturated rings. The van der Waals surface area contributed by atoms with E-state index in [1.165, 1.54) is 42.5 Å². The molecule has 2 nitrogen and oxygen atoms in total. The van der Waals surface area contributed by atoms with Crippen LogP contribution < -0.4 is 11.1 Å². The molecule has 0 heterocycles. The molecule has 0 unspecified atom stereocenters. The third kappa shape index (κ3) is 3.27. The second-order valence-electron chi connectivity index (χ2n) is 6.21. The Morgan fingerprint density at radius 2 is 1.48 bits per heavy atom. The summed E-state index contributed by atoms with van der Waals surface area (Å²) in [5.41, 5.74) is 10.0. The minimum atomic E-state index is 0.318. The van der Waals surface area contributed by atoms with E-state index in [-0.39, 0.29) is 0 Å². The van der Waals surface area contributed by atoms with Gasteiger partial charge in [-0.05, 0) is 48.1 Å². The fourth-order valence-corrected chi connectivity index (χ4v) is 3.28. The van der Waals surface area contributed by atoms with Crippen molar-refractivity contribution in [2.45, 2.75) is 25.7 Å². The Morgan fingerprint density at radius 3 is 2.10 bits per heavy atom. The van der Waals surface area contributed by atoms with Gasteiger partial charge in [-0.3, -0.25) is 0 Å². The Morgan fingerprint density at radius 1 is 0.857 bits per heavy atom. The van der Waals surface area contributed by atoms with Crippen molar-refractivity contribution in [1.82, 2.24) is 0 Å². The highest BCUT2D eigenvalue weighted by Crippen LogP contribution is 2.37. The molecule has 0 aromatic heterocycles. The van der Waals surface area contributed by atoms with E-state index in [2.05, 4.69) is 53.8 Å². The van der Waals surface area contributed by atoms with Crippen molar-refractivity contribution in [3.63, 3.8) is 0 Å². The molecule has 1 aliphatic rings. The van der Waals surface area contributed by atoms with Gasteiger partial charge < -0.3 is 11.1 Å². The Balaban J connectivity index is 1.65. The lowest BCUT2D eigenvalue weighted by molar-refractivity contribution is 0.332. The van der Waals surface area contributed by atoms with Crippen LogP contribution in [0.5, 0.6) is 0 Å². The van der Waals surface area contributed by atoms with Gasteiger partial charge in [-0.1, -0.05) is 55.3 Å². The summed E-state index contributed by atoms with van der Waals surface area (Å²) in [6, 6.07) is 19.2. The quantitative estimate of drug-likeness (QED) is 0.857. The van der Waals surface area contributed by atoms with Crippen LogP contribution in [0.3, 0.4) is 0 Å². The Kier molecular flexibility index (Phi) is 4.26. The van der Waals surface area contributed by atoms with Crippen LogP contribution in [0.2, 0.25) is 0 Å². The van der Waals surface area contributed by atoms with E-state index < -0.39 is 0 Å². The predicted octanol–water partition coefficient (Wildman–Crippen LogP) is 4.28. The van der Waals surface area contributed by atoms with Gasteiger partial charge in [0.25, 0.3) is 0 Å². The third-order valence-electron chi connectivity index (χ3n) is 4.76. The SMILES string of the molecule is NCC1(CNc2ccc(-c3ccccc3)cc2)CCCC1. The summed E-state index contributed by atoms with van der Waals surface area (Å²) in [6.07, 6.45) is 5.18. The molecule has 0 atom stereocenters. The fourth-order valence-electron chi connectivity index (χ4n) is 3.28. The lowest BCUT2D eigenvalue weighted by atomic mass is 9.86. The monoisotopic (exact) mass is 280 g/mol. The molecule has 1 aliphatic carbocycles. The summed E-state index contributed by atoms with van der Waals surface area (Å²) in [7, 11) is 0. The van der Waals surface area contributed by atoms with Crippen LogP contribution in [0.25, 0.3) is 11.1 Å². The average molecular weight is 280 g/mol. The topological polar surface area (TPSA) is 38.0 Å². The first kappa shape index (κ1) is 14.2. The molecule has 0 spiro atoms. The molecule has 1 saturated carbocycles. The molecule has 3 N–H and O–H groups in total. The summed E-state index contributed by atoms with van der Waals surface area (Å²) in [6.45, 7) is 1.79. The highest BCUT2D eigenvalue weighted by molar-refractivity contribution is 5.65. The maximum absolute atomic E-state index is 5.99. The highest BCUT2D eigenvalue weighted by Gasteiger charge is 2.31. The number of rotatable bonds is 5. The van der Waals surface area contributed by atoms with Gasteiger partial charge in [-0.15, -0.1) is 0 Å². The molecule has 110 valence electrons. The van der Waals surface area contributed by atoms with E-state index in [0.29, 0.717) is 5.41 Å². The molecular weight excluding hydrogens is 256 g/mol. The van der Waals surface area contributed by atoms with Crippen LogP contribution in [-0.2, 0) is 0 Å². The van der Waals surface area contributed by atoms with Crippen LogP contribution >= 0.6 is 0 Å². The number of benzene rings is 2. The normalized spacial score (nSPS) is 16.8. The molecule has 2 heteroatoms. The minimum Gasteiger partial charge on any atom is -0.384 e. The van der Waals surface area contributed by atoms with Crippen molar-refractivity contribution in [2.24, 2.45) is 11.1 Å². The standard InChI is InChI=1S/C19H24N2/c20-14-19(12-4-5-13-19)15-21-18-10-8-17(9-11-18)16-6-2-1-3-7-16/h1-3,6-11,21H,4-5,12-15,20H2. The zero-order valence-electron chi connectivity index (χ0n) is 12.5. The van der Waals surface area contributed by atoms with Gasteiger partial charge in [0, 0.05) is 12.2 Å². The first-order valence-electron chi connectivity index (χ1n) is 7.91. The lowest BCUT2D eigenvalue weighted by Crippen LogP contribution is -2.34. The largest absolute Gasteiger partial charge is 0.384 e. The van der Waals surface area contributed by atoms with Crippen LogP contribution in [0.1, 0.15) is 25.7 Å². The van der Waals surface area contributed by atoms with Crippen molar-refractivity contribution in [1.29, 1.82) is 0 Å². The first-order chi connectivity index (χ1) is 10.3. The van der Waals surface area contributed by atoms with Crippen molar-refractivity contribution in [3.8, 4) is 11.1 Å². The number of nitrogens with one attached hydrogen (secondary N) is 1. The van der Waals surface area contributed by atoms with E-state index in [1.54, 1.807) is 0 Å². The summed E-state index contributed by atoms with van der Waals surface area (Å²) in [5.74, 6) is 0. The first-order valence-corrected chi connectivity index (χ1v) is 7.91. The van der Waals surface area contributed by atoms with Gasteiger partial charge in [-0.2, -0.15) is 0 Å². The van der Waals surface area contributed by atoms with E-state index in [9.17, 15) is 0 Å². The van der Waals surface area contributed by atoms with Crippen molar-refractivity contribution >= 4 is 5.69 Å². The molecule has 0 aliphatic heterocycles. The van der Waals surface area contributed by atoms with Crippen LogP contribution in [0.15, 0.2) is 54.6 Å². The molecule has 0 bridgehead atoms. The summed E-state index contributed by atoms with van der Waals surface area (Å²) in [4.78, 5) is 0. The summed E-state index contributed by atoms with van der Waals surface area (Å²) >= 11 is 0. The Labute approximate surface area is 127 Å². The Bertz CT molecular complexity index is 554. The van der Waals surface area contributed by atoms with Crippen molar-refractivity contribution in [3.05, 3.63) is 54.6 Å². The number of hydrogen-bond acceptors (Lipinski definition) is 2. The van der Waals surface area contributed by atoms with E-state index in [4.69, 9.17) is 5.73 Å². The van der Waals surface area contributed by atoms with E-state index >= 15 is 0 Å². The second-order valence-corrected chi connectivity index (χ2v) is 6.21.